The topological polar surface area (TPSA) is 32.3 Å². The summed E-state index contributed by atoms with van der Waals surface area (Å²) >= 11 is 5.84. The van der Waals surface area contributed by atoms with Gasteiger partial charge in [0.1, 0.15) is 5.75 Å². The van der Waals surface area contributed by atoms with E-state index in [0.29, 0.717) is 5.02 Å². The summed E-state index contributed by atoms with van der Waals surface area (Å²) in [5.41, 5.74) is 2.40. The second-order valence-corrected chi connectivity index (χ2v) is 4.61. The summed E-state index contributed by atoms with van der Waals surface area (Å²) in [6.07, 6.45) is 1.01. The van der Waals surface area contributed by atoms with Gasteiger partial charge in [0, 0.05) is 6.54 Å². The van der Waals surface area contributed by atoms with Crippen molar-refractivity contribution in [3.63, 3.8) is 0 Å². The first-order valence-electron chi connectivity index (χ1n) is 5.98. The molecule has 0 unspecified atom stereocenters. The van der Waals surface area contributed by atoms with E-state index in [0.717, 1.165) is 25.1 Å². The molecular formula is C15H16ClNO. The van der Waals surface area contributed by atoms with E-state index in [-0.39, 0.29) is 5.75 Å². The molecule has 2 N–H and O–H groups in total. The fraction of sp³-hybridized carbons (Fsp3) is 0.200. The van der Waals surface area contributed by atoms with Crippen molar-refractivity contribution >= 4 is 11.6 Å². The zero-order valence-corrected chi connectivity index (χ0v) is 10.8. The first-order chi connectivity index (χ1) is 8.75. The highest BCUT2D eigenvalue weighted by atomic mass is 35.5. The fourth-order valence-electron chi connectivity index (χ4n) is 1.77. The molecule has 0 aromatic heterocycles. The third-order valence-electron chi connectivity index (χ3n) is 2.77. The summed E-state index contributed by atoms with van der Waals surface area (Å²) in [6, 6.07) is 15.7. The van der Waals surface area contributed by atoms with Crippen molar-refractivity contribution in [3.05, 3.63) is 64.7 Å². The van der Waals surface area contributed by atoms with Crippen LogP contribution in [0.15, 0.2) is 48.5 Å². The minimum atomic E-state index is 0.129. The van der Waals surface area contributed by atoms with E-state index in [9.17, 15) is 5.11 Å². The third kappa shape index (κ3) is 3.76. The highest BCUT2D eigenvalue weighted by Gasteiger charge is 1.99. The van der Waals surface area contributed by atoms with E-state index in [4.69, 9.17) is 11.6 Å². The van der Waals surface area contributed by atoms with Gasteiger partial charge in [-0.15, -0.1) is 0 Å². The third-order valence-corrected chi connectivity index (χ3v) is 3.08. The van der Waals surface area contributed by atoms with Crippen LogP contribution in [-0.2, 0) is 13.0 Å². The lowest BCUT2D eigenvalue weighted by Gasteiger charge is -2.06. The molecule has 0 aliphatic carbocycles. The van der Waals surface area contributed by atoms with Crippen molar-refractivity contribution in [3.8, 4) is 5.75 Å². The van der Waals surface area contributed by atoms with Crippen LogP contribution in [0.25, 0.3) is 0 Å². The highest BCUT2D eigenvalue weighted by molar-refractivity contribution is 6.32. The summed E-state index contributed by atoms with van der Waals surface area (Å²) in [6.45, 7) is 1.68. The summed E-state index contributed by atoms with van der Waals surface area (Å²) in [7, 11) is 0. The summed E-state index contributed by atoms with van der Waals surface area (Å²) in [5, 5.41) is 13.1. The Morgan fingerprint density at radius 3 is 2.50 bits per heavy atom. The first-order valence-corrected chi connectivity index (χ1v) is 6.35. The monoisotopic (exact) mass is 261 g/mol. The van der Waals surface area contributed by atoms with Crippen LogP contribution in [0.1, 0.15) is 11.1 Å². The smallest absolute Gasteiger partial charge is 0.134 e. The van der Waals surface area contributed by atoms with Crippen LogP contribution in [0.4, 0.5) is 0 Å². The Labute approximate surface area is 112 Å². The van der Waals surface area contributed by atoms with Gasteiger partial charge in [-0.3, -0.25) is 0 Å². The van der Waals surface area contributed by atoms with Crippen molar-refractivity contribution in [1.29, 1.82) is 0 Å². The molecule has 2 aromatic carbocycles. The lowest BCUT2D eigenvalue weighted by Crippen LogP contribution is -2.16. The van der Waals surface area contributed by atoms with Crippen molar-refractivity contribution in [2.75, 3.05) is 6.54 Å². The molecule has 0 aliphatic heterocycles. The largest absolute Gasteiger partial charge is 0.506 e. The molecule has 2 nitrogen and oxygen atoms in total. The maximum Gasteiger partial charge on any atom is 0.134 e. The molecule has 0 aliphatic rings. The van der Waals surface area contributed by atoms with Gasteiger partial charge in [-0.1, -0.05) is 48.0 Å². The zero-order valence-electron chi connectivity index (χ0n) is 10.1. The standard InChI is InChI=1S/C15H16ClNO/c16-14-10-13(6-7-15(14)18)11-17-9-8-12-4-2-1-3-5-12/h1-7,10,17-18H,8-9,11H2. The van der Waals surface area contributed by atoms with Gasteiger partial charge in [0.05, 0.1) is 5.02 Å². The number of hydrogen-bond donors (Lipinski definition) is 2. The minimum Gasteiger partial charge on any atom is -0.506 e. The molecule has 3 heteroatoms. The number of rotatable bonds is 5. The molecule has 2 aromatic rings. The van der Waals surface area contributed by atoms with Gasteiger partial charge in [0.25, 0.3) is 0 Å². The van der Waals surface area contributed by atoms with Crippen LogP contribution in [0.2, 0.25) is 5.02 Å². The molecule has 0 spiro atoms. The number of nitrogens with one attached hydrogen (secondary N) is 1. The SMILES string of the molecule is Oc1ccc(CNCCc2ccccc2)cc1Cl. The average Bonchev–Trinajstić information content (AvgIpc) is 2.40. The maximum absolute atomic E-state index is 9.31. The average molecular weight is 262 g/mol. The van der Waals surface area contributed by atoms with Crippen LogP contribution in [0, 0.1) is 0 Å². The second-order valence-electron chi connectivity index (χ2n) is 4.20. The van der Waals surface area contributed by atoms with E-state index in [1.54, 1.807) is 12.1 Å². The fourth-order valence-corrected chi connectivity index (χ4v) is 1.97. The van der Waals surface area contributed by atoms with Gasteiger partial charge in [-0.25, -0.2) is 0 Å². The molecule has 0 radical (unpaired) electrons. The number of phenols is 1. The molecule has 2 rings (SSSR count). The molecule has 0 heterocycles. The van der Waals surface area contributed by atoms with Gasteiger partial charge in [0.2, 0.25) is 0 Å². The molecule has 0 fully saturated rings. The molecule has 0 saturated carbocycles. The van der Waals surface area contributed by atoms with Crippen molar-refractivity contribution in [1.82, 2.24) is 5.32 Å². The van der Waals surface area contributed by atoms with Gasteiger partial charge < -0.3 is 10.4 Å². The molecule has 0 bridgehead atoms. The van der Waals surface area contributed by atoms with Crippen LogP contribution in [0.3, 0.4) is 0 Å². The number of halogens is 1. The highest BCUT2D eigenvalue weighted by Crippen LogP contribution is 2.23. The summed E-state index contributed by atoms with van der Waals surface area (Å²) < 4.78 is 0. The van der Waals surface area contributed by atoms with Gasteiger partial charge in [-0.05, 0) is 36.2 Å². The Morgan fingerprint density at radius 2 is 1.78 bits per heavy atom. The zero-order chi connectivity index (χ0) is 12.8. The van der Waals surface area contributed by atoms with E-state index in [2.05, 4.69) is 29.6 Å². The van der Waals surface area contributed by atoms with Crippen LogP contribution in [-0.4, -0.2) is 11.7 Å². The molecule has 18 heavy (non-hydrogen) atoms. The molecule has 0 amide bonds. The van der Waals surface area contributed by atoms with E-state index >= 15 is 0 Å². The number of phenolic OH excluding ortho intramolecular Hbond substituents is 1. The predicted octanol–water partition coefficient (Wildman–Crippen LogP) is 3.38. The molecular weight excluding hydrogens is 246 g/mol. The molecule has 0 atom stereocenters. The first kappa shape index (κ1) is 12.9. The summed E-state index contributed by atoms with van der Waals surface area (Å²) in [4.78, 5) is 0. The Hall–Kier alpha value is -1.51. The lowest BCUT2D eigenvalue weighted by molar-refractivity contribution is 0.475. The number of benzene rings is 2. The Balaban J connectivity index is 1.77. The van der Waals surface area contributed by atoms with E-state index in [1.165, 1.54) is 5.56 Å². The van der Waals surface area contributed by atoms with Gasteiger partial charge in [0.15, 0.2) is 0 Å². The molecule has 94 valence electrons. The normalized spacial score (nSPS) is 10.5. The Morgan fingerprint density at radius 1 is 1.00 bits per heavy atom. The van der Waals surface area contributed by atoms with Crippen molar-refractivity contribution in [2.24, 2.45) is 0 Å². The number of hydrogen-bond acceptors (Lipinski definition) is 2. The maximum atomic E-state index is 9.31. The minimum absolute atomic E-state index is 0.129. The van der Waals surface area contributed by atoms with Gasteiger partial charge >= 0.3 is 0 Å². The molecule has 0 saturated heterocycles. The van der Waals surface area contributed by atoms with E-state index in [1.807, 2.05) is 12.1 Å². The van der Waals surface area contributed by atoms with Gasteiger partial charge in [-0.2, -0.15) is 0 Å². The Bertz CT molecular complexity index is 499. The lowest BCUT2D eigenvalue weighted by atomic mass is 10.1. The van der Waals surface area contributed by atoms with Crippen LogP contribution < -0.4 is 5.32 Å². The van der Waals surface area contributed by atoms with Crippen molar-refractivity contribution < 1.29 is 5.11 Å². The summed E-state index contributed by atoms with van der Waals surface area (Å²) in [5.74, 6) is 0.129. The quantitative estimate of drug-likeness (QED) is 0.809. The second kappa shape index (κ2) is 6.43. The van der Waals surface area contributed by atoms with E-state index < -0.39 is 0 Å². The number of aromatic hydroxyl groups is 1. The van der Waals surface area contributed by atoms with Crippen LogP contribution >= 0.6 is 11.6 Å². The predicted molar refractivity (Wildman–Crippen MR) is 75.0 cm³/mol. The van der Waals surface area contributed by atoms with Crippen LogP contribution in [0.5, 0.6) is 5.75 Å². The van der Waals surface area contributed by atoms with Crippen molar-refractivity contribution in [2.45, 2.75) is 13.0 Å². The Kier molecular flexibility index (Phi) is 4.62.